The molecule has 0 aromatic rings. The lowest BCUT2D eigenvalue weighted by atomic mass is 9.84. The standard InChI is InChI=1S/C15H31N3/c1-3-13(11-16)6-9-18-10-7-15-14(12-18)5-4-8-17(15)2/h13-15H,3-12,16H2,1-2H3. The van der Waals surface area contributed by atoms with Gasteiger partial charge in [0.25, 0.3) is 0 Å². The fourth-order valence-electron chi connectivity index (χ4n) is 3.78. The molecule has 0 amide bonds. The first-order valence-electron chi connectivity index (χ1n) is 7.87. The van der Waals surface area contributed by atoms with Gasteiger partial charge in [0, 0.05) is 12.6 Å². The van der Waals surface area contributed by atoms with Crippen molar-refractivity contribution in [3.05, 3.63) is 0 Å². The summed E-state index contributed by atoms with van der Waals surface area (Å²) in [6.45, 7) is 8.33. The zero-order chi connectivity index (χ0) is 13.0. The van der Waals surface area contributed by atoms with Crippen LogP contribution in [0.2, 0.25) is 0 Å². The third kappa shape index (κ3) is 3.46. The maximum absolute atomic E-state index is 5.80. The molecule has 2 fully saturated rings. The summed E-state index contributed by atoms with van der Waals surface area (Å²) in [6, 6.07) is 0.867. The summed E-state index contributed by atoms with van der Waals surface area (Å²) in [5.41, 5.74) is 5.80. The van der Waals surface area contributed by atoms with Gasteiger partial charge in [-0.15, -0.1) is 0 Å². The predicted molar refractivity (Wildman–Crippen MR) is 77.7 cm³/mol. The van der Waals surface area contributed by atoms with Crippen LogP contribution >= 0.6 is 0 Å². The van der Waals surface area contributed by atoms with Crippen molar-refractivity contribution >= 4 is 0 Å². The van der Waals surface area contributed by atoms with Gasteiger partial charge in [0.05, 0.1) is 0 Å². The number of nitrogens with two attached hydrogens (primary N) is 1. The van der Waals surface area contributed by atoms with Crippen molar-refractivity contribution in [2.24, 2.45) is 17.6 Å². The first-order valence-corrected chi connectivity index (χ1v) is 7.87. The van der Waals surface area contributed by atoms with Crippen molar-refractivity contribution in [2.45, 2.75) is 45.1 Å². The maximum Gasteiger partial charge on any atom is 0.0145 e. The van der Waals surface area contributed by atoms with Gasteiger partial charge >= 0.3 is 0 Å². The Kier molecular flexibility index (Phi) is 5.46. The van der Waals surface area contributed by atoms with Gasteiger partial charge in [-0.05, 0) is 70.7 Å². The van der Waals surface area contributed by atoms with Crippen molar-refractivity contribution in [1.82, 2.24) is 9.80 Å². The summed E-state index contributed by atoms with van der Waals surface area (Å²) >= 11 is 0. The Bertz CT molecular complexity index is 240. The molecule has 2 N–H and O–H groups in total. The zero-order valence-corrected chi connectivity index (χ0v) is 12.3. The molecule has 18 heavy (non-hydrogen) atoms. The van der Waals surface area contributed by atoms with Gasteiger partial charge < -0.3 is 15.5 Å². The van der Waals surface area contributed by atoms with Gasteiger partial charge in [-0.1, -0.05) is 13.3 Å². The van der Waals surface area contributed by atoms with E-state index in [0.717, 1.165) is 24.4 Å². The second-order valence-electron chi connectivity index (χ2n) is 6.34. The highest BCUT2D eigenvalue weighted by Crippen LogP contribution is 2.29. The van der Waals surface area contributed by atoms with Crippen LogP contribution in [0.4, 0.5) is 0 Å². The number of nitrogens with zero attached hydrogens (tertiary/aromatic N) is 2. The predicted octanol–water partition coefficient (Wildman–Crippen LogP) is 1.78. The molecule has 2 aliphatic heterocycles. The van der Waals surface area contributed by atoms with Crippen LogP contribution in [0.15, 0.2) is 0 Å². The van der Waals surface area contributed by atoms with E-state index >= 15 is 0 Å². The minimum Gasteiger partial charge on any atom is -0.330 e. The molecule has 106 valence electrons. The monoisotopic (exact) mass is 253 g/mol. The van der Waals surface area contributed by atoms with E-state index in [0.29, 0.717) is 0 Å². The number of hydrogen-bond donors (Lipinski definition) is 1. The lowest BCUT2D eigenvalue weighted by molar-refractivity contribution is 0.0366. The summed E-state index contributed by atoms with van der Waals surface area (Å²) in [5, 5.41) is 0. The minimum atomic E-state index is 0.733. The molecule has 0 aromatic heterocycles. The summed E-state index contributed by atoms with van der Waals surface area (Å²) in [6.07, 6.45) is 6.74. The Morgan fingerprint density at radius 2 is 2.11 bits per heavy atom. The molecule has 0 aliphatic carbocycles. The molecule has 2 rings (SSSR count). The van der Waals surface area contributed by atoms with E-state index in [4.69, 9.17) is 5.73 Å². The SMILES string of the molecule is CCC(CN)CCN1CCC2C(CCCN2C)C1. The Hall–Kier alpha value is -0.120. The molecule has 0 spiro atoms. The molecule has 3 unspecified atom stereocenters. The van der Waals surface area contributed by atoms with Crippen LogP contribution in [0.25, 0.3) is 0 Å². The van der Waals surface area contributed by atoms with Crippen molar-refractivity contribution in [3.63, 3.8) is 0 Å². The van der Waals surface area contributed by atoms with Gasteiger partial charge in [0.1, 0.15) is 0 Å². The van der Waals surface area contributed by atoms with E-state index in [9.17, 15) is 0 Å². The van der Waals surface area contributed by atoms with Crippen molar-refractivity contribution in [1.29, 1.82) is 0 Å². The fourth-order valence-corrected chi connectivity index (χ4v) is 3.78. The molecule has 0 bridgehead atoms. The van der Waals surface area contributed by atoms with Crippen LogP contribution in [0, 0.1) is 11.8 Å². The highest BCUT2D eigenvalue weighted by atomic mass is 15.2. The van der Waals surface area contributed by atoms with Crippen LogP contribution in [0.1, 0.15) is 39.0 Å². The van der Waals surface area contributed by atoms with Gasteiger partial charge in [0.15, 0.2) is 0 Å². The first kappa shape index (κ1) is 14.3. The largest absolute Gasteiger partial charge is 0.330 e. The quantitative estimate of drug-likeness (QED) is 0.810. The Morgan fingerprint density at radius 1 is 1.28 bits per heavy atom. The molecule has 3 atom stereocenters. The average molecular weight is 253 g/mol. The van der Waals surface area contributed by atoms with E-state index in [1.807, 2.05) is 0 Å². The van der Waals surface area contributed by atoms with Crippen molar-refractivity contribution in [3.8, 4) is 0 Å². The molecule has 0 aromatic carbocycles. The van der Waals surface area contributed by atoms with Gasteiger partial charge in [0.2, 0.25) is 0 Å². The maximum atomic E-state index is 5.80. The first-order chi connectivity index (χ1) is 8.74. The summed E-state index contributed by atoms with van der Waals surface area (Å²) in [4.78, 5) is 5.29. The van der Waals surface area contributed by atoms with Crippen molar-refractivity contribution < 1.29 is 0 Å². The molecular formula is C15H31N3. The molecule has 2 saturated heterocycles. The molecule has 3 heteroatoms. The highest BCUT2D eigenvalue weighted by molar-refractivity contribution is 4.89. The fraction of sp³-hybridized carbons (Fsp3) is 1.00. The Morgan fingerprint density at radius 3 is 2.83 bits per heavy atom. The van der Waals surface area contributed by atoms with Crippen LogP contribution in [0.3, 0.4) is 0 Å². The number of fused-ring (bicyclic) bond motifs is 1. The topological polar surface area (TPSA) is 32.5 Å². The number of hydrogen-bond acceptors (Lipinski definition) is 3. The normalized spacial score (nSPS) is 32.2. The lowest BCUT2D eigenvalue weighted by Gasteiger charge is -2.46. The summed E-state index contributed by atoms with van der Waals surface area (Å²) in [7, 11) is 2.31. The Balaban J connectivity index is 1.76. The van der Waals surface area contributed by atoms with Crippen LogP contribution in [-0.4, -0.2) is 55.6 Å². The highest BCUT2D eigenvalue weighted by Gasteiger charge is 2.33. The van der Waals surface area contributed by atoms with E-state index in [2.05, 4.69) is 23.8 Å². The van der Waals surface area contributed by atoms with Crippen molar-refractivity contribution in [2.75, 3.05) is 39.8 Å². The van der Waals surface area contributed by atoms with Crippen LogP contribution in [0.5, 0.6) is 0 Å². The number of rotatable bonds is 5. The summed E-state index contributed by atoms with van der Waals surface area (Å²) < 4.78 is 0. The molecule has 0 saturated carbocycles. The second kappa shape index (κ2) is 6.88. The average Bonchev–Trinajstić information content (AvgIpc) is 2.40. The summed E-state index contributed by atoms with van der Waals surface area (Å²) in [5.74, 6) is 1.66. The molecular weight excluding hydrogens is 222 g/mol. The third-order valence-electron chi connectivity index (χ3n) is 5.19. The van der Waals surface area contributed by atoms with E-state index in [-0.39, 0.29) is 0 Å². The second-order valence-corrected chi connectivity index (χ2v) is 6.34. The Labute approximate surface area is 113 Å². The van der Waals surface area contributed by atoms with E-state index < -0.39 is 0 Å². The lowest BCUT2D eigenvalue weighted by Crippen LogP contribution is -2.52. The zero-order valence-electron chi connectivity index (χ0n) is 12.3. The van der Waals surface area contributed by atoms with Gasteiger partial charge in [-0.2, -0.15) is 0 Å². The smallest absolute Gasteiger partial charge is 0.0145 e. The molecule has 3 nitrogen and oxygen atoms in total. The van der Waals surface area contributed by atoms with Crippen LogP contribution < -0.4 is 5.73 Å². The third-order valence-corrected chi connectivity index (χ3v) is 5.19. The van der Waals surface area contributed by atoms with Gasteiger partial charge in [-0.25, -0.2) is 0 Å². The van der Waals surface area contributed by atoms with E-state index in [1.54, 1.807) is 0 Å². The number of piperidine rings is 2. The van der Waals surface area contributed by atoms with Gasteiger partial charge in [-0.3, -0.25) is 0 Å². The van der Waals surface area contributed by atoms with Crippen LogP contribution in [-0.2, 0) is 0 Å². The minimum absolute atomic E-state index is 0.733. The number of likely N-dealkylation sites (tertiary alicyclic amines) is 2. The molecule has 0 radical (unpaired) electrons. The van der Waals surface area contributed by atoms with E-state index in [1.165, 1.54) is 58.3 Å². The molecule has 2 aliphatic rings. The molecule has 2 heterocycles.